The topological polar surface area (TPSA) is 119 Å². The first kappa shape index (κ1) is 10.4. The standard InChI is InChI=1S/C10H9N7O/c1-5-4-12-3-2-6(5)7-13-9(18-17-7)8-14-10(11)16-15-8/h2-4H,1H3,(H3,11,14,15,16). The van der Waals surface area contributed by atoms with Crippen LogP contribution in [0.2, 0.25) is 0 Å². The average molecular weight is 243 g/mol. The Morgan fingerprint density at radius 2 is 2.22 bits per heavy atom. The summed E-state index contributed by atoms with van der Waals surface area (Å²) >= 11 is 0. The zero-order valence-corrected chi connectivity index (χ0v) is 9.45. The first-order valence-corrected chi connectivity index (χ1v) is 5.17. The van der Waals surface area contributed by atoms with E-state index in [9.17, 15) is 0 Å². The molecule has 3 N–H and O–H groups in total. The quantitative estimate of drug-likeness (QED) is 0.683. The van der Waals surface area contributed by atoms with Crippen molar-refractivity contribution in [2.24, 2.45) is 0 Å². The van der Waals surface area contributed by atoms with Crippen LogP contribution in [0.5, 0.6) is 0 Å². The van der Waals surface area contributed by atoms with Gasteiger partial charge in [0.25, 0.3) is 5.89 Å². The number of nitrogens with two attached hydrogens (primary N) is 1. The molecule has 0 fully saturated rings. The van der Waals surface area contributed by atoms with E-state index in [2.05, 4.69) is 30.3 Å². The van der Waals surface area contributed by atoms with Crippen molar-refractivity contribution in [3.8, 4) is 23.1 Å². The van der Waals surface area contributed by atoms with E-state index in [0.29, 0.717) is 11.6 Å². The molecule has 0 bridgehead atoms. The third-order valence-corrected chi connectivity index (χ3v) is 2.39. The maximum Gasteiger partial charge on any atom is 0.295 e. The summed E-state index contributed by atoms with van der Waals surface area (Å²) in [5, 5.41) is 10.2. The van der Waals surface area contributed by atoms with E-state index in [0.717, 1.165) is 11.1 Å². The minimum absolute atomic E-state index is 0.129. The van der Waals surface area contributed by atoms with E-state index < -0.39 is 0 Å². The number of nitrogens with one attached hydrogen (secondary N) is 1. The van der Waals surface area contributed by atoms with Gasteiger partial charge in [-0.2, -0.15) is 9.97 Å². The molecule has 0 spiro atoms. The molecule has 90 valence electrons. The molecular weight excluding hydrogens is 234 g/mol. The van der Waals surface area contributed by atoms with Crippen LogP contribution in [0.25, 0.3) is 23.1 Å². The van der Waals surface area contributed by atoms with Crippen molar-refractivity contribution in [2.45, 2.75) is 6.92 Å². The summed E-state index contributed by atoms with van der Waals surface area (Å²) < 4.78 is 5.10. The molecule has 0 saturated heterocycles. The van der Waals surface area contributed by atoms with Gasteiger partial charge in [-0.05, 0) is 18.6 Å². The molecular formula is C10H9N7O. The molecule has 0 radical (unpaired) electrons. The van der Waals surface area contributed by atoms with E-state index in [4.69, 9.17) is 10.3 Å². The van der Waals surface area contributed by atoms with Crippen LogP contribution in [0.15, 0.2) is 23.0 Å². The second kappa shape index (κ2) is 3.91. The number of pyridine rings is 1. The van der Waals surface area contributed by atoms with Gasteiger partial charge in [0.05, 0.1) is 0 Å². The van der Waals surface area contributed by atoms with Gasteiger partial charge >= 0.3 is 0 Å². The Balaban J connectivity index is 2.02. The molecule has 0 aliphatic carbocycles. The Bertz CT molecular complexity index is 687. The van der Waals surface area contributed by atoms with Crippen molar-refractivity contribution < 1.29 is 4.52 Å². The molecule has 8 heteroatoms. The number of H-pyrrole nitrogens is 1. The maximum atomic E-state index is 5.41. The van der Waals surface area contributed by atoms with Crippen LogP contribution in [-0.4, -0.2) is 30.3 Å². The molecule has 3 aromatic heterocycles. The van der Waals surface area contributed by atoms with Gasteiger partial charge in [0, 0.05) is 18.0 Å². The second-order valence-corrected chi connectivity index (χ2v) is 3.66. The number of nitrogen functional groups attached to an aromatic ring is 1. The summed E-state index contributed by atoms with van der Waals surface area (Å²) in [7, 11) is 0. The number of aromatic nitrogens is 6. The summed E-state index contributed by atoms with van der Waals surface area (Å²) in [5.41, 5.74) is 7.22. The third-order valence-electron chi connectivity index (χ3n) is 2.39. The Hall–Kier alpha value is -2.77. The molecule has 0 amide bonds. The monoisotopic (exact) mass is 243 g/mol. The van der Waals surface area contributed by atoms with Crippen molar-refractivity contribution >= 4 is 5.95 Å². The van der Waals surface area contributed by atoms with Crippen LogP contribution < -0.4 is 5.73 Å². The van der Waals surface area contributed by atoms with E-state index in [1.54, 1.807) is 12.4 Å². The van der Waals surface area contributed by atoms with Gasteiger partial charge in [-0.3, -0.25) is 10.1 Å². The summed E-state index contributed by atoms with van der Waals surface area (Å²) in [4.78, 5) is 12.2. The smallest absolute Gasteiger partial charge is 0.295 e. The van der Waals surface area contributed by atoms with Gasteiger partial charge < -0.3 is 10.3 Å². The van der Waals surface area contributed by atoms with E-state index in [1.165, 1.54) is 0 Å². The van der Waals surface area contributed by atoms with Gasteiger partial charge in [0.15, 0.2) is 0 Å². The van der Waals surface area contributed by atoms with Crippen LogP contribution in [0.1, 0.15) is 5.56 Å². The average Bonchev–Trinajstić information content (AvgIpc) is 2.98. The highest BCUT2D eigenvalue weighted by atomic mass is 16.5. The molecule has 0 aromatic carbocycles. The normalized spacial score (nSPS) is 10.7. The molecule has 3 rings (SSSR count). The number of nitrogens with zero attached hydrogens (tertiary/aromatic N) is 5. The first-order valence-electron chi connectivity index (χ1n) is 5.17. The Morgan fingerprint density at radius 3 is 2.94 bits per heavy atom. The third kappa shape index (κ3) is 1.69. The first-order chi connectivity index (χ1) is 8.74. The van der Waals surface area contributed by atoms with Gasteiger partial charge in [-0.25, -0.2) is 0 Å². The predicted octanol–water partition coefficient (Wildman–Crippen LogP) is 0.807. The minimum atomic E-state index is 0.129. The molecule has 0 aliphatic rings. The van der Waals surface area contributed by atoms with Crippen LogP contribution in [0.3, 0.4) is 0 Å². The number of aryl methyl sites for hydroxylation is 1. The van der Waals surface area contributed by atoms with Crippen LogP contribution in [0, 0.1) is 6.92 Å². The molecule has 3 heterocycles. The van der Waals surface area contributed by atoms with Crippen molar-refractivity contribution in [3.63, 3.8) is 0 Å². The van der Waals surface area contributed by atoms with Gasteiger partial charge in [0.2, 0.25) is 17.6 Å². The molecule has 0 unspecified atom stereocenters. The highest BCUT2D eigenvalue weighted by Gasteiger charge is 2.14. The van der Waals surface area contributed by atoms with Gasteiger partial charge in [-0.15, -0.1) is 5.10 Å². The largest absolute Gasteiger partial charge is 0.366 e. The second-order valence-electron chi connectivity index (χ2n) is 3.66. The fraction of sp³-hybridized carbons (Fsp3) is 0.100. The highest BCUT2D eigenvalue weighted by Crippen LogP contribution is 2.21. The van der Waals surface area contributed by atoms with Crippen molar-refractivity contribution in [2.75, 3.05) is 5.73 Å². The minimum Gasteiger partial charge on any atom is -0.366 e. The fourth-order valence-electron chi connectivity index (χ4n) is 1.52. The Morgan fingerprint density at radius 1 is 1.33 bits per heavy atom. The molecule has 3 aromatic rings. The molecule has 0 saturated carbocycles. The Labute approximate surface area is 101 Å². The summed E-state index contributed by atoms with van der Waals surface area (Å²) in [6, 6.07) is 1.82. The molecule has 0 aliphatic heterocycles. The molecule has 18 heavy (non-hydrogen) atoms. The Kier molecular flexibility index (Phi) is 2.26. The van der Waals surface area contributed by atoms with Crippen LogP contribution >= 0.6 is 0 Å². The number of aromatic amines is 1. The predicted molar refractivity (Wildman–Crippen MR) is 62.1 cm³/mol. The van der Waals surface area contributed by atoms with Crippen molar-refractivity contribution in [1.29, 1.82) is 0 Å². The molecule has 0 atom stereocenters. The van der Waals surface area contributed by atoms with Gasteiger partial charge in [0.1, 0.15) is 0 Å². The lowest BCUT2D eigenvalue weighted by atomic mass is 10.1. The summed E-state index contributed by atoms with van der Waals surface area (Å²) in [5.74, 6) is 1.19. The fourth-order valence-corrected chi connectivity index (χ4v) is 1.52. The molecule has 8 nitrogen and oxygen atoms in total. The number of hydrogen-bond donors (Lipinski definition) is 2. The number of hydrogen-bond acceptors (Lipinski definition) is 7. The van der Waals surface area contributed by atoms with E-state index >= 15 is 0 Å². The summed E-state index contributed by atoms with van der Waals surface area (Å²) in [6.45, 7) is 1.92. The maximum absolute atomic E-state index is 5.41. The SMILES string of the molecule is Cc1cnccc1-c1noc(-c2nc(N)n[nH]2)n1. The van der Waals surface area contributed by atoms with Crippen molar-refractivity contribution in [1.82, 2.24) is 30.3 Å². The van der Waals surface area contributed by atoms with Gasteiger partial charge in [-0.1, -0.05) is 5.16 Å². The van der Waals surface area contributed by atoms with E-state index in [-0.39, 0.29) is 11.8 Å². The zero-order chi connectivity index (χ0) is 12.5. The zero-order valence-electron chi connectivity index (χ0n) is 9.45. The van der Waals surface area contributed by atoms with Crippen molar-refractivity contribution in [3.05, 3.63) is 24.0 Å². The van der Waals surface area contributed by atoms with Crippen LogP contribution in [0.4, 0.5) is 5.95 Å². The number of rotatable bonds is 2. The van der Waals surface area contributed by atoms with Crippen LogP contribution in [-0.2, 0) is 0 Å². The lowest BCUT2D eigenvalue weighted by molar-refractivity contribution is 0.429. The number of anilines is 1. The highest BCUT2D eigenvalue weighted by molar-refractivity contribution is 5.60. The van der Waals surface area contributed by atoms with E-state index in [1.807, 2.05) is 13.0 Å². The lowest BCUT2D eigenvalue weighted by Gasteiger charge is -1.96. The summed E-state index contributed by atoms with van der Waals surface area (Å²) in [6.07, 6.45) is 3.41. The lowest BCUT2D eigenvalue weighted by Crippen LogP contribution is -1.87.